The Bertz CT molecular complexity index is 775. The first-order chi connectivity index (χ1) is 13.9. The van der Waals surface area contributed by atoms with E-state index in [-0.39, 0.29) is 11.8 Å². The number of nitrogens with one attached hydrogen (secondary N) is 1. The molecule has 2 rings (SSSR count). The normalized spacial score (nSPS) is 11.9. The van der Waals surface area contributed by atoms with Crippen LogP contribution in [0.3, 0.4) is 0 Å². The van der Waals surface area contributed by atoms with Gasteiger partial charge >= 0.3 is 0 Å². The molecule has 0 unspecified atom stereocenters. The van der Waals surface area contributed by atoms with Gasteiger partial charge in [0.1, 0.15) is 6.04 Å². The van der Waals surface area contributed by atoms with Gasteiger partial charge in [-0.15, -0.1) is 11.8 Å². The lowest BCUT2D eigenvalue weighted by atomic mass is 10.1. The third-order valence-corrected chi connectivity index (χ3v) is 5.65. The van der Waals surface area contributed by atoms with Crippen LogP contribution in [0.15, 0.2) is 59.5 Å². The maximum absolute atomic E-state index is 13.2. The quantitative estimate of drug-likeness (QED) is 0.577. The minimum absolute atomic E-state index is 0.0222. The molecule has 0 fully saturated rings. The summed E-state index contributed by atoms with van der Waals surface area (Å²) in [5.41, 5.74) is 2.22. The van der Waals surface area contributed by atoms with Gasteiger partial charge in [0.25, 0.3) is 0 Å². The fraction of sp³-hybridized carbons (Fsp3) is 0.417. The Morgan fingerprint density at radius 1 is 1.03 bits per heavy atom. The summed E-state index contributed by atoms with van der Waals surface area (Å²) in [6.45, 7) is 9.17. The monoisotopic (exact) mass is 412 g/mol. The molecule has 1 N–H and O–H groups in total. The second-order valence-electron chi connectivity index (χ2n) is 7.67. The number of carbonyl (C=O) groups excluding carboxylic acids is 2. The summed E-state index contributed by atoms with van der Waals surface area (Å²) in [5, 5.41) is 2.99. The van der Waals surface area contributed by atoms with E-state index in [1.165, 1.54) is 17.3 Å². The maximum atomic E-state index is 13.2. The number of nitrogens with zero attached hydrogens (tertiary/aromatic N) is 1. The Labute approximate surface area is 179 Å². The molecule has 0 heterocycles. The molecule has 2 aromatic rings. The highest BCUT2D eigenvalue weighted by atomic mass is 32.2. The van der Waals surface area contributed by atoms with E-state index in [9.17, 15) is 9.59 Å². The van der Waals surface area contributed by atoms with E-state index in [4.69, 9.17) is 0 Å². The predicted octanol–water partition coefficient (Wildman–Crippen LogP) is 4.67. The highest BCUT2D eigenvalue weighted by Crippen LogP contribution is 2.21. The van der Waals surface area contributed by atoms with Gasteiger partial charge in [-0.05, 0) is 37.0 Å². The largest absolute Gasteiger partial charge is 0.354 e. The van der Waals surface area contributed by atoms with Gasteiger partial charge in [0.15, 0.2) is 0 Å². The highest BCUT2D eigenvalue weighted by molar-refractivity contribution is 8.00. The van der Waals surface area contributed by atoms with Crippen LogP contribution < -0.4 is 5.32 Å². The topological polar surface area (TPSA) is 49.4 Å². The lowest BCUT2D eigenvalue weighted by Gasteiger charge is -2.31. The van der Waals surface area contributed by atoms with Crippen molar-refractivity contribution in [2.75, 3.05) is 12.3 Å². The van der Waals surface area contributed by atoms with Crippen molar-refractivity contribution in [2.24, 2.45) is 5.92 Å². The van der Waals surface area contributed by atoms with Gasteiger partial charge in [-0.2, -0.15) is 0 Å². The van der Waals surface area contributed by atoms with Gasteiger partial charge in [-0.1, -0.05) is 68.8 Å². The van der Waals surface area contributed by atoms with Crippen LogP contribution in [0, 0.1) is 12.8 Å². The molecule has 0 saturated carbocycles. The first-order valence-corrected chi connectivity index (χ1v) is 11.2. The molecule has 0 aliphatic heterocycles. The minimum Gasteiger partial charge on any atom is -0.354 e. The Morgan fingerprint density at radius 3 is 2.28 bits per heavy atom. The summed E-state index contributed by atoms with van der Waals surface area (Å²) in [6, 6.07) is 17.5. The Morgan fingerprint density at radius 2 is 1.69 bits per heavy atom. The molecule has 5 heteroatoms. The van der Waals surface area contributed by atoms with Gasteiger partial charge in [-0.3, -0.25) is 9.59 Å². The summed E-state index contributed by atoms with van der Waals surface area (Å²) in [6.07, 6.45) is 0.581. The van der Waals surface area contributed by atoms with E-state index in [1.54, 1.807) is 4.90 Å². The molecule has 156 valence electrons. The second-order valence-corrected chi connectivity index (χ2v) is 8.72. The molecule has 0 spiro atoms. The van der Waals surface area contributed by atoms with Crippen LogP contribution in [0.5, 0.6) is 0 Å². The van der Waals surface area contributed by atoms with Crippen molar-refractivity contribution in [1.29, 1.82) is 0 Å². The zero-order chi connectivity index (χ0) is 21.2. The molecule has 0 radical (unpaired) electrons. The first-order valence-electron chi connectivity index (χ1n) is 10.2. The maximum Gasteiger partial charge on any atom is 0.242 e. The summed E-state index contributed by atoms with van der Waals surface area (Å²) >= 11 is 1.51. The van der Waals surface area contributed by atoms with Crippen molar-refractivity contribution in [1.82, 2.24) is 10.2 Å². The van der Waals surface area contributed by atoms with Crippen LogP contribution in [-0.4, -0.2) is 35.1 Å². The van der Waals surface area contributed by atoms with E-state index in [0.717, 1.165) is 10.5 Å². The average Bonchev–Trinajstić information content (AvgIpc) is 2.72. The molecule has 0 aliphatic rings. The van der Waals surface area contributed by atoms with Crippen LogP contribution in [-0.2, 0) is 16.1 Å². The van der Waals surface area contributed by atoms with Gasteiger partial charge in [0, 0.05) is 18.0 Å². The summed E-state index contributed by atoms with van der Waals surface area (Å²) in [4.78, 5) is 28.8. The second kappa shape index (κ2) is 11.7. The Kier molecular flexibility index (Phi) is 9.26. The van der Waals surface area contributed by atoms with E-state index in [1.807, 2.05) is 68.4 Å². The molecule has 2 amide bonds. The van der Waals surface area contributed by atoms with Crippen molar-refractivity contribution < 1.29 is 9.59 Å². The molecule has 4 nitrogen and oxygen atoms in total. The van der Waals surface area contributed by atoms with E-state index < -0.39 is 6.04 Å². The minimum atomic E-state index is -0.472. The number of rotatable bonds is 10. The van der Waals surface area contributed by atoms with Crippen molar-refractivity contribution in [3.63, 3.8) is 0 Å². The van der Waals surface area contributed by atoms with E-state index in [0.29, 0.717) is 31.2 Å². The number of hydrogen-bond acceptors (Lipinski definition) is 3. The highest BCUT2D eigenvalue weighted by Gasteiger charge is 2.28. The smallest absolute Gasteiger partial charge is 0.242 e. The number of hydrogen-bond donors (Lipinski definition) is 1. The van der Waals surface area contributed by atoms with Gasteiger partial charge in [-0.25, -0.2) is 0 Å². The number of thioether (sulfide) groups is 1. The first kappa shape index (κ1) is 23.0. The summed E-state index contributed by atoms with van der Waals surface area (Å²) in [5.74, 6) is 0.577. The molecule has 0 saturated heterocycles. The zero-order valence-corrected chi connectivity index (χ0v) is 18.7. The zero-order valence-electron chi connectivity index (χ0n) is 17.9. The van der Waals surface area contributed by atoms with Gasteiger partial charge in [0.05, 0.1) is 5.75 Å². The molecular formula is C24H32N2O2S. The standard InChI is InChI=1S/C24H32N2O2S/c1-5-22(24(28)25-15-18(2)3)26(16-20-9-7-6-8-10-20)23(27)17-29-21-13-11-19(4)12-14-21/h6-14,18,22H,5,15-17H2,1-4H3,(H,25,28)/t22-/m0/s1. The molecule has 0 bridgehead atoms. The SMILES string of the molecule is CC[C@@H](C(=O)NCC(C)C)N(Cc1ccccc1)C(=O)CSc1ccc(C)cc1. The number of aryl methyl sites for hydroxylation is 1. The number of amides is 2. The Balaban J connectivity index is 2.14. The van der Waals surface area contributed by atoms with Gasteiger partial charge in [0.2, 0.25) is 11.8 Å². The third-order valence-electron chi connectivity index (χ3n) is 4.65. The van der Waals surface area contributed by atoms with Gasteiger partial charge < -0.3 is 10.2 Å². The molecule has 0 aliphatic carbocycles. The summed E-state index contributed by atoms with van der Waals surface area (Å²) in [7, 11) is 0. The van der Waals surface area contributed by atoms with E-state index in [2.05, 4.69) is 19.2 Å². The van der Waals surface area contributed by atoms with Crippen molar-refractivity contribution >= 4 is 23.6 Å². The predicted molar refractivity (Wildman–Crippen MR) is 121 cm³/mol. The van der Waals surface area contributed by atoms with Crippen molar-refractivity contribution in [2.45, 2.75) is 51.6 Å². The average molecular weight is 413 g/mol. The lowest BCUT2D eigenvalue weighted by Crippen LogP contribution is -2.50. The molecule has 0 aromatic heterocycles. The number of benzene rings is 2. The summed E-state index contributed by atoms with van der Waals surface area (Å²) < 4.78 is 0. The van der Waals surface area contributed by atoms with E-state index >= 15 is 0 Å². The molecule has 29 heavy (non-hydrogen) atoms. The van der Waals surface area contributed by atoms with Crippen LogP contribution in [0.1, 0.15) is 38.3 Å². The van der Waals surface area contributed by atoms with Crippen molar-refractivity contribution in [3.05, 3.63) is 65.7 Å². The van der Waals surface area contributed by atoms with Crippen LogP contribution in [0.25, 0.3) is 0 Å². The van der Waals surface area contributed by atoms with Crippen LogP contribution in [0.4, 0.5) is 0 Å². The fourth-order valence-corrected chi connectivity index (χ4v) is 3.77. The lowest BCUT2D eigenvalue weighted by molar-refractivity contribution is -0.139. The molecule has 2 aromatic carbocycles. The van der Waals surface area contributed by atoms with Crippen LogP contribution in [0.2, 0.25) is 0 Å². The fourth-order valence-electron chi connectivity index (χ4n) is 2.98. The van der Waals surface area contributed by atoms with Crippen LogP contribution >= 0.6 is 11.8 Å². The number of carbonyl (C=O) groups is 2. The molecule has 1 atom stereocenters. The third kappa shape index (κ3) is 7.58. The molecular weight excluding hydrogens is 380 g/mol. The van der Waals surface area contributed by atoms with Crippen molar-refractivity contribution in [3.8, 4) is 0 Å². The Hall–Kier alpha value is -2.27.